The number of aliphatic hydroxyl groups excluding tert-OH is 1. The quantitative estimate of drug-likeness (QED) is 0.330. The van der Waals surface area contributed by atoms with E-state index in [4.69, 9.17) is 10.5 Å². The zero-order chi connectivity index (χ0) is 22.8. The minimum Gasteiger partial charge on any atom is -0.490 e. The summed E-state index contributed by atoms with van der Waals surface area (Å²) in [4.78, 5) is 42.2. The summed E-state index contributed by atoms with van der Waals surface area (Å²) in [6.45, 7) is -0.0824. The maximum absolute atomic E-state index is 12.5. The highest BCUT2D eigenvalue weighted by Gasteiger charge is 2.20. The molecule has 0 radical (unpaired) electrons. The molecule has 166 valence electrons. The lowest BCUT2D eigenvalue weighted by molar-refractivity contribution is -0.115. The maximum Gasteiger partial charge on any atom is 0.329 e. The Balaban J connectivity index is 1.62. The normalized spacial score (nSPS) is 12.3. The van der Waals surface area contributed by atoms with E-state index in [0.29, 0.717) is 5.75 Å². The summed E-state index contributed by atoms with van der Waals surface area (Å²) in [5, 5.41) is 12.9. The highest BCUT2D eigenvalue weighted by Crippen LogP contribution is 2.26. The van der Waals surface area contributed by atoms with Crippen LogP contribution < -0.4 is 21.7 Å². The number of aryl methyl sites for hydroxylation is 1. The molecule has 10 nitrogen and oxygen atoms in total. The average Bonchev–Trinajstić information content (AvgIpc) is 3.13. The zero-order valence-electron chi connectivity index (χ0n) is 17.1. The highest BCUT2D eigenvalue weighted by molar-refractivity contribution is 7.99. The minimum atomic E-state index is -1.00. The first kappa shape index (κ1) is 21.7. The molecule has 2 aromatic heterocycles. The largest absolute Gasteiger partial charge is 0.490 e. The molecule has 4 rings (SSSR count). The minimum absolute atomic E-state index is 0.0381. The van der Waals surface area contributed by atoms with Gasteiger partial charge in [0.05, 0.1) is 12.3 Å². The smallest absolute Gasteiger partial charge is 0.329 e. The summed E-state index contributed by atoms with van der Waals surface area (Å²) in [5.41, 5.74) is 4.25. The lowest BCUT2D eigenvalue weighted by Crippen LogP contribution is -2.30. The van der Waals surface area contributed by atoms with Crippen LogP contribution in [0.5, 0.6) is 5.75 Å². The summed E-state index contributed by atoms with van der Waals surface area (Å²) >= 11 is 1.02. The van der Waals surface area contributed by atoms with Gasteiger partial charge in [0.2, 0.25) is 5.91 Å². The van der Waals surface area contributed by atoms with Crippen molar-refractivity contribution >= 4 is 39.6 Å². The predicted molar refractivity (Wildman–Crippen MR) is 121 cm³/mol. The molecule has 1 amide bonds. The molecule has 0 aliphatic rings. The van der Waals surface area contributed by atoms with Crippen LogP contribution in [0.15, 0.2) is 57.2 Å². The Bertz CT molecular complexity index is 1420. The van der Waals surface area contributed by atoms with Crippen molar-refractivity contribution in [3.8, 4) is 5.75 Å². The van der Waals surface area contributed by atoms with Crippen LogP contribution in [0.1, 0.15) is 0 Å². The topological polar surface area (TPSA) is 145 Å². The second-order valence-electron chi connectivity index (χ2n) is 7.19. The Kier molecular flexibility index (Phi) is 6.01. The van der Waals surface area contributed by atoms with Crippen LogP contribution in [0.2, 0.25) is 0 Å². The van der Waals surface area contributed by atoms with Crippen molar-refractivity contribution < 1.29 is 14.6 Å². The molecule has 2 heterocycles. The Morgan fingerprint density at radius 2 is 2.00 bits per heavy atom. The van der Waals surface area contributed by atoms with Crippen molar-refractivity contribution in [1.82, 2.24) is 19.1 Å². The number of aliphatic hydroxyl groups is 1. The first-order valence-corrected chi connectivity index (χ1v) is 10.7. The summed E-state index contributed by atoms with van der Waals surface area (Å²) in [5.74, 6) is -0.00457. The van der Waals surface area contributed by atoms with E-state index in [2.05, 4.69) is 9.97 Å². The van der Waals surface area contributed by atoms with Gasteiger partial charge in [0.25, 0.3) is 5.56 Å². The third kappa shape index (κ3) is 4.25. The number of aromatic nitrogens is 4. The molecule has 0 saturated heterocycles. The van der Waals surface area contributed by atoms with Gasteiger partial charge in [0.1, 0.15) is 18.5 Å². The number of imidazole rings is 1. The third-order valence-electron chi connectivity index (χ3n) is 4.89. The molecule has 11 heteroatoms. The van der Waals surface area contributed by atoms with Crippen LogP contribution in [0, 0.1) is 0 Å². The van der Waals surface area contributed by atoms with E-state index in [1.165, 1.54) is 16.2 Å². The van der Waals surface area contributed by atoms with Crippen LogP contribution in [-0.4, -0.2) is 48.6 Å². The number of nitrogens with one attached hydrogen (secondary N) is 1. The fourth-order valence-electron chi connectivity index (χ4n) is 3.40. The van der Waals surface area contributed by atoms with Gasteiger partial charge in [-0.3, -0.25) is 19.1 Å². The highest BCUT2D eigenvalue weighted by atomic mass is 32.2. The Hall–Kier alpha value is -3.57. The molecule has 0 unspecified atom stereocenters. The number of rotatable bonds is 8. The number of nitrogens with two attached hydrogens (primary N) is 1. The van der Waals surface area contributed by atoms with Gasteiger partial charge in [0, 0.05) is 12.4 Å². The number of amides is 1. The van der Waals surface area contributed by atoms with Gasteiger partial charge in [-0.15, -0.1) is 0 Å². The number of thioether (sulfide) groups is 1. The van der Waals surface area contributed by atoms with E-state index in [1.54, 1.807) is 0 Å². The maximum atomic E-state index is 12.5. The molecule has 0 spiro atoms. The summed E-state index contributed by atoms with van der Waals surface area (Å²) in [7, 11) is 1.47. The zero-order valence-corrected chi connectivity index (χ0v) is 18.0. The van der Waals surface area contributed by atoms with E-state index in [0.717, 1.165) is 22.5 Å². The molecular formula is C21H21N5O5S. The monoisotopic (exact) mass is 455 g/mol. The molecular weight excluding hydrogens is 434 g/mol. The number of benzene rings is 2. The van der Waals surface area contributed by atoms with Crippen molar-refractivity contribution in [2.24, 2.45) is 12.8 Å². The molecule has 2 aromatic carbocycles. The number of aromatic amines is 1. The van der Waals surface area contributed by atoms with Crippen LogP contribution in [0.4, 0.5) is 0 Å². The summed E-state index contributed by atoms with van der Waals surface area (Å²) < 4.78 is 8.51. The van der Waals surface area contributed by atoms with Crippen molar-refractivity contribution in [3.63, 3.8) is 0 Å². The molecule has 0 bridgehead atoms. The van der Waals surface area contributed by atoms with Gasteiger partial charge in [-0.2, -0.15) is 0 Å². The Morgan fingerprint density at radius 1 is 1.25 bits per heavy atom. The first-order valence-electron chi connectivity index (χ1n) is 9.74. The first-order chi connectivity index (χ1) is 15.3. The van der Waals surface area contributed by atoms with Gasteiger partial charge in [-0.05, 0) is 11.5 Å². The number of ether oxygens (including phenoxy) is 1. The second-order valence-corrected chi connectivity index (χ2v) is 8.14. The number of fused-ring (bicyclic) bond motifs is 2. The number of hydrogen-bond acceptors (Lipinski definition) is 7. The van der Waals surface area contributed by atoms with Gasteiger partial charge in [-0.1, -0.05) is 48.2 Å². The van der Waals surface area contributed by atoms with Crippen LogP contribution in [0.25, 0.3) is 21.9 Å². The van der Waals surface area contributed by atoms with Crippen LogP contribution in [0.3, 0.4) is 0 Å². The van der Waals surface area contributed by atoms with Crippen LogP contribution in [-0.2, 0) is 18.4 Å². The Morgan fingerprint density at radius 3 is 2.78 bits per heavy atom. The standard InChI is InChI=1S/C21H21N5O5S/c1-25-18-17(19(29)24-20(25)30)26(21(23-18)32-11-16(22)28)9-13(27)10-31-15-8-4-6-12-5-2-3-7-14(12)15/h2-8,13,27H,9-11H2,1H3,(H2,22,28)(H,24,29,30)/t13-/m0/s1. The van der Waals surface area contributed by atoms with Gasteiger partial charge in [0.15, 0.2) is 16.3 Å². The van der Waals surface area contributed by atoms with E-state index in [-0.39, 0.29) is 35.2 Å². The summed E-state index contributed by atoms with van der Waals surface area (Å²) in [6.07, 6.45) is -1.00. The number of carbonyl (C=O) groups is 1. The molecule has 0 fully saturated rings. The molecule has 0 saturated carbocycles. The fourth-order valence-corrected chi connectivity index (χ4v) is 4.14. The molecule has 4 N–H and O–H groups in total. The number of nitrogens with zero attached hydrogens (tertiary/aromatic N) is 3. The third-order valence-corrected chi connectivity index (χ3v) is 5.89. The number of hydrogen-bond donors (Lipinski definition) is 3. The SMILES string of the molecule is Cn1c(=O)[nH]c(=O)c2c1nc(SCC(N)=O)n2C[C@H](O)COc1cccc2ccccc12. The van der Waals surface area contributed by atoms with Gasteiger partial charge in [-0.25, -0.2) is 9.78 Å². The van der Waals surface area contributed by atoms with E-state index >= 15 is 0 Å². The molecule has 1 atom stereocenters. The molecule has 0 aliphatic carbocycles. The lowest BCUT2D eigenvalue weighted by atomic mass is 10.1. The van der Waals surface area contributed by atoms with E-state index in [1.807, 2.05) is 42.5 Å². The van der Waals surface area contributed by atoms with Crippen LogP contribution >= 0.6 is 11.8 Å². The van der Waals surface area contributed by atoms with Crippen molar-refractivity contribution in [2.75, 3.05) is 12.4 Å². The van der Waals surface area contributed by atoms with E-state index < -0.39 is 23.3 Å². The van der Waals surface area contributed by atoms with Gasteiger partial charge < -0.3 is 20.1 Å². The second kappa shape index (κ2) is 8.89. The average molecular weight is 455 g/mol. The number of H-pyrrole nitrogens is 1. The van der Waals surface area contributed by atoms with E-state index in [9.17, 15) is 19.5 Å². The fraction of sp³-hybridized carbons (Fsp3) is 0.238. The lowest BCUT2D eigenvalue weighted by Gasteiger charge is -2.16. The van der Waals surface area contributed by atoms with Gasteiger partial charge >= 0.3 is 5.69 Å². The Labute approximate surface area is 185 Å². The van der Waals surface area contributed by atoms with Crippen molar-refractivity contribution in [1.29, 1.82) is 0 Å². The van der Waals surface area contributed by atoms with Crippen molar-refractivity contribution in [3.05, 3.63) is 63.3 Å². The summed E-state index contributed by atoms with van der Waals surface area (Å²) in [6, 6.07) is 13.4. The van der Waals surface area contributed by atoms with Crippen molar-refractivity contribution in [2.45, 2.75) is 17.8 Å². The molecule has 32 heavy (non-hydrogen) atoms. The predicted octanol–water partition coefficient (Wildman–Crippen LogP) is 0.594. The molecule has 0 aliphatic heterocycles. The number of carbonyl (C=O) groups excluding carboxylic acids is 1. The number of primary amides is 1. The molecule has 4 aromatic rings.